The topological polar surface area (TPSA) is 34.1 Å². The van der Waals surface area contributed by atoms with E-state index in [-0.39, 0.29) is 11.1 Å². The largest absolute Gasteiger partial charge is 0.368 e. The molecule has 0 aliphatic carbocycles. The molecule has 3 nitrogen and oxygen atoms in total. The number of aryl methyl sites for hydroxylation is 1. The summed E-state index contributed by atoms with van der Waals surface area (Å²) in [7, 11) is 0. The summed E-state index contributed by atoms with van der Waals surface area (Å²) in [5.41, 5.74) is 1.01. The number of hydrogen-bond donors (Lipinski definition) is 1. The minimum absolute atomic E-state index is 0.130. The van der Waals surface area contributed by atoms with Gasteiger partial charge >= 0.3 is 0 Å². The summed E-state index contributed by atoms with van der Waals surface area (Å²) in [5.74, 6) is 0. The molecule has 19 heavy (non-hydrogen) atoms. The van der Waals surface area contributed by atoms with Gasteiger partial charge in [0.05, 0.1) is 5.69 Å². The van der Waals surface area contributed by atoms with Crippen LogP contribution in [0.5, 0.6) is 0 Å². The van der Waals surface area contributed by atoms with E-state index in [0.717, 1.165) is 30.3 Å². The molecule has 1 atom stereocenters. The van der Waals surface area contributed by atoms with Crippen LogP contribution < -0.4 is 5.32 Å². The molecule has 0 radical (unpaired) electrons. The number of aromatic nitrogens is 1. The number of nitrogens with zero attached hydrogens (tertiary/aromatic N) is 1. The minimum atomic E-state index is -0.246. The molecule has 1 rings (SSSR count). The zero-order valence-electron chi connectivity index (χ0n) is 13.4. The number of thiazole rings is 1. The van der Waals surface area contributed by atoms with Crippen LogP contribution in [0.4, 0.5) is 0 Å². The molecule has 1 unspecified atom stereocenters. The SMILES string of the molecule is CCOC(C)(CC)c1nc(C)c(CNC(C)(C)C)s1. The Hall–Kier alpha value is -0.450. The molecule has 0 saturated heterocycles. The Balaban J connectivity index is 2.89. The van der Waals surface area contributed by atoms with E-state index in [4.69, 9.17) is 9.72 Å². The molecule has 0 amide bonds. The van der Waals surface area contributed by atoms with Gasteiger partial charge in [0.25, 0.3) is 0 Å². The highest BCUT2D eigenvalue weighted by Crippen LogP contribution is 2.33. The van der Waals surface area contributed by atoms with Crippen molar-refractivity contribution in [1.82, 2.24) is 10.3 Å². The van der Waals surface area contributed by atoms with E-state index < -0.39 is 0 Å². The Bertz CT molecular complexity index is 409. The summed E-state index contributed by atoms with van der Waals surface area (Å²) >= 11 is 1.77. The van der Waals surface area contributed by atoms with Gasteiger partial charge in [-0.15, -0.1) is 11.3 Å². The predicted octanol–water partition coefficient (Wildman–Crippen LogP) is 4.00. The Labute approximate surface area is 121 Å². The fourth-order valence-electron chi connectivity index (χ4n) is 1.80. The van der Waals surface area contributed by atoms with Gasteiger partial charge in [0.15, 0.2) is 0 Å². The van der Waals surface area contributed by atoms with E-state index in [1.54, 1.807) is 11.3 Å². The standard InChI is InChI=1S/C15H28N2OS/c1-8-15(7,18-9-2)13-17-11(3)12(19-13)10-16-14(4,5)6/h16H,8-10H2,1-7H3. The second-order valence-electron chi connectivity index (χ2n) is 6.15. The van der Waals surface area contributed by atoms with E-state index in [9.17, 15) is 0 Å². The van der Waals surface area contributed by atoms with Crippen LogP contribution in [0.3, 0.4) is 0 Å². The molecule has 1 N–H and O–H groups in total. The summed E-state index contributed by atoms with van der Waals surface area (Å²) in [6.07, 6.45) is 0.944. The van der Waals surface area contributed by atoms with Crippen molar-refractivity contribution in [1.29, 1.82) is 0 Å². The first-order valence-electron chi connectivity index (χ1n) is 7.07. The summed E-state index contributed by atoms with van der Waals surface area (Å²) in [6.45, 7) is 16.5. The van der Waals surface area contributed by atoms with Crippen molar-refractivity contribution in [3.05, 3.63) is 15.6 Å². The highest BCUT2D eigenvalue weighted by atomic mass is 32.1. The first-order valence-corrected chi connectivity index (χ1v) is 7.89. The van der Waals surface area contributed by atoms with E-state index in [1.165, 1.54) is 4.88 Å². The molecule has 0 spiro atoms. The van der Waals surface area contributed by atoms with E-state index >= 15 is 0 Å². The van der Waals surface area contributed by atoms with Crippen molar-refractivity contribution in [2.45, 2.75) is 72.6 Å². The molecule has 1 heterocycles. The van der Waals surface area contributed by atoms with Gasteiger partial charge in [0.2, 0.25) is 0 Å². The van der Waals surface area contributed by atoms with Crippen molar-refractivity contribution in [2.75, 3.05) is 6.61 Å². The molecule has 1 aromatic heterocycles. The highest BCUT2D eigenvalue weighted by molar-refractivity contribution is 7.11. The maximum atomic E-state index is 5.91. The fourth-order valence-corrected chi connectivity index (χ4v) is 2.97. The third-order valence-electron chi connectivity index (χ3n) is 3.26. The van der Waals surface area contributed by atoms with Gasteiger partial charge in [-0.1, -0.05) is 6.92 Å². The molecule has 110 valence electrons. The van der Waals surface area contributed by atoms with Crippen LogP contribution >= 0.6 is 11.3 Å². The van der Waals surface area contributed by atoms with Crippen LogP contribution in [0.15, 0.2) is 0 Å². The monoisotopic (exact) mass is 284 g/mol. The van der Waals surface area contributed by atoms with Gasteiger partial charge in [-0.3, -0.25) is 0 Å². The third kappa shape index (κ3) is 4.55. The Morgan fingerprint density at radius 3 is 2.32 bits per heavy atom. The first kappa shape index (κ1) is 16.6. The van der Waals surface area contributed by atoms with Crippen molar-refractivity contribution in [3.63, 3.8) is 0 Å². The van der Waals surface area contributed by atoms with E-state index in [2.05, 4.69) is 46.9 Å². The average Bonchev–Trinajstić information content (AvgIpc) is 2.68. The predicted molar refractivity (Wildman–Crippen MR) is 82.7 cm³/mol. The fraction of sp³-hybridized carbons (Fsp3) is 0.800. The molecular formula is C15H28N2OS. The Morgan fingerprint density at radius 1 is 1.21 bits per heavy atom. The minimum Gasteiger partial charge on any atom is -0.368 e. The zero-order valence-corrected chi connectivity index (χ0v) is 14.2. The zero-order chi connectivity index (χ0) is 14.7. The molecule has 0 aliphatic rings. The average molecular weight is 284 g/mol. The van der Waals surface area contributed by atoms with Crippen LogP contribution in [0.2, 0.25) is 0 Å². The lowest BCUT2D eigenvalue weighted by molar-refractivity contribution is -0.0325. The van der Waals surface area contributed by atoms with Gasteiger partial charge in [-0.2, -0.15) is 0 Å². The molecule has 0 fully saturated rings. The van der Waals surface area contributed by atoms with Crippen molar-refractivity contribution in [2.24, 2.45) is 0 Å². The van der Waals surface area contributed by atoms with Crippen molar-refractivity contribution in [3.8, 4) is 0 Å². The normalized spacial score (nSPS) is 15.5. The summed E-state index contributed by atoms with van der Waals surface area (Å²) in [4.78, 5) is 6.04. The van der Waals surface area contributed by atoms with Crippen LogP contribution in [-0.4, -0.2) is 17.1 Å². The van der Waals surface area contributed by atoms with Gasteiger partial charge < -0.3 is 10.1 Å². The molecule has 1 aromatic rings. The number of rotatable bonds is 6. The summed E-state index contributed by atoms with van der Waals surface area (Å²) < 4.78 is 5.91. The quantitative estimate of drug-likeness (QED) is 0.857. The van der Waals surface area contributed by atoms with Gasteiger partial charge in [0, 0.05) is 23.6 Å². The maximum Gasteiger partial charge on any atom is 0.125 e. The smallest absolute Gasteiger partial charge is 0.125 e. The lowest BCUT2D eigenvalue weighted by atomic mass is 10.0. The summed E-state index contributed by atoms with van der Waals surface area (Å²) in [6, 6.07) is 0. The van der Waals surface area contributed by atoms with Gasteiger partial charge in [0.1, 0.15) is 10.6 Å². The second-order valence-corrected chi connectivity index (χ2v) is 7.23. The van der Waals surface area contributed by atoms with Crippen LogP contribution in [0.25, 0.3) is 0 Å². The van der Waals surface area contributed by atoms with Crippen LogP contribution in [0.1, 0.15) is 63.5 Å². The molecular weight excluding hydrogens is 256 g/mol. The molecule has 0 bridgehead atoms. The number of hydrogen-bond acceptors (Lipinski definition) is 4. The van der Waals surface area contributed by atoms with Crippen LogP contribution in [0, 0.1) is 6.92 Å². The van der Waals surface area contributed by atoms with E-state index in [0.29, 0.717) is 0 Å². The van der Waals surface area contributed by atoms with Gasteiger partial charge in [-0.05, 0) is 48.0 Å². The summed E-state index contributed by atoms with van der Waals surface area (Å²) in [5, 5.41) is 4.62. The molecule has 0 aliphatic heterocycles. The van der Waals surface area contributed by atoms with Crippen molar-refractivity contribution < 1.29 is 4.74 Å². The maximum absolute atomic E-state index is 5.91. The number of ether oxygens (including phenoxy) is 1. The number of nitrogens with one attached hydrogen (secondary N) is 1. The second kappa shape index (κ2) is 6.33. The first-order chi connectivity index (χ1) is 8.72. The molecule has 0 aromatic carbocycles. The lowest BCUT2D eigenvalue weighted by Gasteiger charge is -2.25. The molecule has 0 saturated carbocycles. The Morgan fingerprint density at radius 2 is 1.84 bits per heavy atom. The Kier molecular flexibility index (Phi) is 5.53. The lowest BCUT2D eigenvalue weighted by Crippen LogP contribution is -2.34. The van der Waals surface area contributed by atoms with Crippen molar-refractivity contribution >= 4 is 11.3 Å². The van der Waals surface area contributed by atoms with Crippen LogP contribution in [-0.2, 0) is 16.9 Å². The molecule has 4 heteroatoms. The third-order valence-corrected chi connectivity index (χ3v) is 4.66. The highest BCUT2D eigenvalue weighted by Gasteiger charge is 2.29. The van der Waals surface area contributed by atoms with E-state index in [1.807, 2.05) is 6.92 Å². The van der Waals surface area contributed by atoms with Gasteiger partial charge in [-0.25, -0.2) is 4.98 Å².